The maximum atomic E-state index is 12.4. The summed E-state index contributed by atoms with van der Waals surface area (Å²) in [6, 6.07) is 14.6. The highest BCUT2D eigenvalue weighted by molar-refractivity contribution is 6.10. The lowest BCUT2D eigenvalue weighted by molar-refractivity contribution is -0.143. The molecule has 1 N–H and O–H groups in total. The Morgan fingerprint density at radius 2 is 2.00 bits per heavy atom. The predicted molar refractivity (Wildman–Crippen MR) is 98.6 cm³/mol. The number of hydrogen-bond acceptors (Lipinski definition) is 4. The molecule has 6 nitrogen and oxygen atoms in total. The Balaban J connectivity index is 1.60. The summed E-state index contributed by atoms with van der Waals surface area (Å²) in [6.07, 6.45) is 2.91. The van der Waals surface area contributed by atoms with Crippen molar-refractivity contribution in [3.8, 4) is 0 Å². The van der Waals surface area contributed by atoms with Gasteiger partial charge in [-0.1, -0.05) is 42.0 Å². The number of anilines is 2. The number of aryl methyl sites for hydroxylation is 1. The molecule has 2 amide bonds. The van der Waals surface area contributed by atoms with Crippen molar-refractivity contribution in [2.24, 2.45) is 0 Å². The zero-order valence-electron chi connectivity index (χ0n) is 14.3. The SMILES string of the molecule is Cc1cccc(/C=C/C(=O)OCC(=O)N2CC(=O)Nc3ccccc32)c1. The smallest absolute Gasteiger partial charge is 0.331 e. The Morgan fingerprint density at radius 3 is 2.81 bits per heavy atom. The molecule has 0 aliphatic carbocycles. The van der Waals surface area contributed by atoms with Crippen LogP contribution in [0.5, 0.6) is 0 Å². The molecule has 0 spiro atoms. The van der Waals surface area contributed by atoms with Crippen LogP contribution in [-0.4, -0.2) is 30.9 Å². The molecule has 132 valence electrons. The first-order chi connectivity index (χ1) is 12.5. The van der Waals surface area contributed by atoms with E-state index in [1.165, 1.54) is 11.0 Å². The van der Waals surface area contributed by atoms with Gasteiger partial charge in [-0.3, -0.25) is 14.5 Å². The molecule has 0 atom stereocenters. The molecule has 0 saturated carbocycles. The zero-order chi connectivity index (χ0) is 18.5. The molecule has 6 heteroatoms. The van der Waals surface area contributed by atoms with Gasteiger partial charge >= 0.3 is 5.97 Å². The summed E-state index contributed by atoms with van der Waals surface area (Å²) >= 11 is 0. The molecular weight excluding hydrogens is 332 g/mol. The van der Waals surface area contributed by atoms with Crippen molar-refractivity contribution in [2.75, 3.05) is 23.4 Å². The lowest BCUT2D eigenvalue weighted by Crippen LogP contribution is -2.43. The van der Waals surface area contributed by atoms with Gasteiger partial charge in [-0.05, 0) is 30.7 Å². The van der Waals surface area contributed by atoms with Crippen molar-refractivity contribution < 1.29 is 19.1 Å². The van der Waals surface area contributed by atoms with Gasteiger partial charge in [0, 0.05) is 6.08 Å². The van der Waals surface area contributed by atoms with Gasteiger partial charge < -0.3 is 10.1 Å². The number of amides is 2. The van der Waals surface area contributed by atoms with Crippen molar-refractivity contribution in [1.82, 2.24) is 0 Å². The minimum absolute atomic E-state index is 0.105. The number of nitrogens with zero attached hydrogens (tertiary/aromatic N) is 1. The van der Waals surface area contributed by atoms with E-state index in [0.29, 0.717) is 11.4 Å². The summed E-state index contributed by atoms with van der Waals surface area (Å²) < 4.78 is 5.01. The Labute approximate surface area is 151 Å². The van der Waals surface area contributed by atoms with Gasteiger partial charge in [-0.15, -0.1) is 0 Å². The third kappa shape index (κ3) is 4.16. The average molecular weight is 350 g/mol. The van der Waals surface area contributed by atoms with Crippen molar-refractivity contribution in [3.63, 3.8) is 0 Å². The van der Waals surface area contributed by atoms with Crippen LogP contribution in [0.25, 0.3) is 6.08 Å². The highest BCUT2D eigenvalue weighted by atomic mass is 16.5. The summed E-state index contributed by atoms with van der Waals surface area (Å²) in [7, 11) is 0. The summed E-state index contributed by atoms with van der Waals surface area (Å²) in [4.78, 5) is 37.3. The van der Waals surface area contributed by atoms with Gasteiger partial charge in [0.2, 0.25) is 5.91 Å². The first-order valence-electron chi connectivity index (χ1n) is 8.14. The lowest BCUT2D eigenvalue weighted by Gasteiger charge is -2.28. The van der Waals surface area contributed by atoms with E-state index < -0.39 is 18.5 Å². The van der Waals surface area contributed by atoms with Gasteiger partial charge in [-0.25, -0.2) is 4.79 Å². The van der Waals surface area contributed by atoms with Crippen LogP contribution in [0.1, 0.15) is 11.1 Å². The van der Waals surface area contributed by atoms with E-state index in [2.05, 4.69) is 5.32 Å². The van der Waals surface area contributed by atoms with E-state index >= 15 is 0 Å². The monoisotopic (exact) mass is 350 g/mol. The number of hydrogen-bond donors (Lipinski definition) is 1. The molecule has 0 fully saturated rings. The van der Waals surface area contributed by atoms with Gasteiger partial charge in [-0.2, -0.15) is 0 Å². The van der Waals surface area contributed by atoms with Crippen LogP contribution >= 0.6 is 0 Å². The zero-order valence-corrected chi connectivity index (χ0v) is 14.3. The maximum absolute atomic E-state index is 12.4. The second kappa shape index (κ2) is 7.65. The number of benzene rings is 2. The second-order valence-electron chi connectivity index (χ2n) is 5.90. The molecule has 0 radical (unpaired) electrons. The number of esters is 1. The van der Waals surface area contributed by atoms with E-state index in [1.807, 2.05) is 31.2 Å². The summed E-state index contributed by atoms with van der Waals surface area (Å²) in [5.74, 6) is -1.36. The standard InChI is InChI=1S/C20H18N2O4/c1-14-5-4-6-15(11-14)9-10-20(25)26-13-19(24)22-12-18(23)21-16-7-2-3-8-17(16)22/h2-11H,12-13H2,1H3,(H,21,23)/b10-9+. The van der Waals surface area contributed by atoms with Crippen LogP contribution in [-0.2, 0) is 19.1 Å². The van der Waals surface area contributed by atoms with E-state index in [4.69, 9.17) is 4.74 Å². The minimum atomic E-state index is -0.616. The van der Waals surface area contributed by atoms with Crippen molar-refractivity contribution >= 4 is 35.2 Å². The number of ether oxygens (including phenoxy) is 1. The number of fused-ring (bicyclic) bond motifs is 1. The number of rotatable bonds is 4. The van der Waals surface area contributed by atoms with Crippen LogP contribution in [0.2, 0.25) is 0 Å². The lowest BCUT2D eigenvalue weighted by atomic mass is 10.1. The molecular formula is C20H18N2O4. The molecule has 1 heterocycles. The minimum Gasteiger partial charge on any atom is -0.452 e. The Hall–Kier alpha value is -3.41. The fourth-order valence-corrected chi connectivity index (χ4v) is 2.65. The van der Waals surface area contributed by atoms with Crippen molar-refractivity contribution in [1.29, 1.82) is 0 Å². The predicted octanol–water partition coefficient (Wildman–Crippen LogP) is 2.54. The Kier molecular flexibility index (Phi) is 5.12. The van der Waals surface area contributed by atoms with Crippen LogP contribution in [0, 0.1) is 6.92 Å². The van der Waals surface area contributed by atoms with Gasteiger partial charge in [0.05, 0.1) is 11.4 Å². The van der Waals surface area contributed by atoms with E-state index in [1.54, 1.807) is 30.3 Å². The highest BCUT2D eigenvalue weighted by Gasteiger charge is 2.26. The van der Waals surface area contributed by atoms with E-state index in [-0.39, 0.29) is 12.5 Å². The third-order valence-corrected chi connectivity index (χ3v) is 3.86. The first kappa shape index (κ1) is 17.4. The normalized spacial score (nSPS) is 13.3. The first-order valence-corrected chi connectivity index (χ1v) is 8.14. The quantitative estimate of drug-likeness (QED) is 0.679. The fraction of sp³-hybridized carbons (Fsp3) is 0.150. The number of carbonyl (C=O) groups is 3. The Morgan fingerprint density at radius 1 is 1.19 bits per heavy atom. The molecule has 1 aliphatic rings. The van der Waals surface area contributed by atoms with Crippen molar-refractivity contribution in [2.45, 2.75) is 6.92 Å². The molecule has 26 heavy (non-hydrogen) atoms. The van der Waals surface area contributed by atoms with Crippen molar-refractivity contribution in [3.05, 3.63) is 65.7 Å². The van der Waals surface area contributed by atoms with Crippen LogP contribution in [0.15, 0.2) is 54.6 Å². The number of carbonyl (C=O) groups excluding carboxylic acids is 3. The number of nitrogens with one attached hydrogen (secondary N) is 1. The van der Waals surface area contributed by atoms with Gasteiger partial charge in [0.25, 0.3) is 5.91 Å². The Bertz CT molecular complexity index is 889. The fourth-order valence-electron chi connectivity index (χ4n) is 2.65. The average Bonchev–Trinajstić information content (AvgIpc) is 2.63. The summed E-state index contributed by atoms with van der Waals surface area (Å²) in [5.41, 5.74) is 3.10. The summed E-state index contributed by atoms with van der Waals surface area (Å²) in [6.45, 7) is 1.42. The molecule has 2 aromatic rings. The molecule has 1 aliphatic heterocycles. The molecule has 2 aromatic carbocycles. The largest absolute Gasteiger partial charge is 0.452 e. The van der Waals surface area contributed by atoms with Crippen LogP contribution < -0.4 is 10.2 Å². The van der Waals surface area contributed by atoms with Crippen LogP contribution in [0.4, 0.5) is 11.4 Å². The third-order valence-electron chi connectivity index (χ3n) is 3.86. The highest BCUT2D eigenvalue weighted by Crippen LogP contribution is 2.28. The molecule has 3 rings (SSSR count). The second-order valence-corrected chi connectivity index (χ2v) is 5.90. The molecule has 0 saturated heterocycles. The van der Waals surface area contributed by atoms with E-state index in [0.717, 1.165) is 11.1 Å². The van der Waals surface area contributed by atoms with Crippen LogP contribution in [0.3, 0.4) is 0 Å². The number of para-hydroxylation sites is 2. The topological polar surface area (TPSA) is 75.7 Å². The summed E-state index contributed by atoms with van der Waals surface area (Å²) in [5, 5.41) is 2.70. The molecule has 0 unspecified atom stereocenters. The van der Waals surface area contributed by atoms with Gasteiger partial charge in [0.1, 0.15) is 6.54 Å². The molecule has 0 bridgehead atoms. The maximum Gasteiger partial charge on any atom is 0.331 e. The van der Waals surface area contributed by atoms with E-state index in [9.17, 15) is 14.4 Å². The molecule has 0 aromatic heterocycles. The van der Waals surface area contributed by atoms with Gasteiger partial charge in [0.15, 0.2) is 6.61 Å².